The van der Waals surface area contributed by atoms with Crippen LogP contribution in [0.5, 0.6) is 11.5 Å². The maximum atomic E-state index is 11.9. The van der Waals surface area contributed by atoms with E-state index >= 15 is 0 Å². The quantitative estimate of drug-likeness (QED) is 0.854. The SMILES string of the molecule is COc1cc(C)ccc1OCC(=O)NCCc1ccccc1C. The van der Waals surface area contributed by atoms with Crippen LogP contribution < -0.4 is 14.8 Å². The second kappa shape index (κ2) is 8.22. The van der Waals surface area contributed by atoms with Crippen LogP contribution in [0.15, 0.2) is 42.5 Å². The Morgan fingerprint density at radius 1 is 1.09 bits per heavy atom. The summed E-state index contributed by atoms with van der Waals surface area (Å²) in [5.41, 5.74) is 3.56. The van der Waals surface area contributed by atoms with Crippen molar-refractivity contribution >= 4 is 5.91 Å². The number of rotatable bonds is 7. The zero-order valence-corrected chi connectivity index (χ0v) is 13.9. The summed E-state index contributed by atoms with van der Waals surface area (Å²) in [6, 6.07) is 13.8. The Bertz CT molecular complexity index is 667. The number of amides is 1. The molecule has 0 spiro atoms. The Kier molecular flexibility index (Phi) is 6.03. The van der Waals surface area contributed by atoms with E-state index in [0.717, 1.165) is 12.0 Å². The van der Waals surface area contributed by atoms with Gasteiger partial charge < -0.3 is 14.8 Å². The summed E-state index contributed by atoms with van der Waals surface area (Å²) >= 11 is 0. The van der Waals surface area contributed by atoms with Gasteiger partial charge >= 0.3 is 0 Å². The lowest BCUT2D eigenvalue weighted by Crippen LogP contribution is -2.30. The second-order valence-electron chi connectivity index (χ2n) is 5.47. The number of ether oxygens (including phenoxy) is 2. The van der Waals surface area contributed by atoms with Gasteiger partial charge in [-0.2, -0.15) is 0 Å². The van der Waals surface area contributed by atoms with Crippen LogP contribution in [0.4, 0.5) is 0 Å². The van der Waals surface area contributed by atoms with Gasteiger partial charge in [0.25, 0.3) is 5.91 Å². The van der Waals surface area contributed by atoms with E-state index < -0.39 is 0 Å². The molecule has 0 saturated carbocycles. The molecule has 0 aliphatic carbocycles. The predicted octanol–water partition coefficient (Wildman–Crippen LogP) is 3.05. The largest absolute Gasteiger partial charge is 0.493 e. The first-order valence-corrected chi connectivity index (χ1v) is 7.69. The molecule has 0 bridgehead atoms. The number of aryl methyl sites for hydroxylation is 2. The van der Waals surface area contributed by atoms with E-state index in [0.29, 0.717) is 18.0 Å². The molecular formula is C19H23NO3. The van der Waals surface area contributed by atoms with Crippen molar-refractivity contribution in [1.29, 1.82) is 0 Å². The molecule has 2 rings (SSSR count). The van der Waals surface area contributed by atoms with Gasteiger partial charge in [-0.05, 0) is 49.1 Å². The van der Waals surface area contributed by atoms with Crippen molar-refractivity contribution in [3.05, 3.63) is 59.2 Å². The topological polar surface area (TPSA) is 47.6 Å². The summed E-state index contributed by atoms with van der Waals surface area (Å²) in [6.07, 6.45) is 0.812. The highest BCUT2D eigenvalue weighted by atomic mass is 16.5. The number of benzene rings is 2. The lowest BCUT2D eigenvalue weighted by molar-refractivity contribution is -0.123. The normalized spacial score (nSPS) is 10.2. The average Bonchev–Trinajstić information content (AvgIpc) is 2.55. The van der Waals surface area contributed by atoms with Crippen molar-refractivity contribution in [3.8, 4) is 11.5 Å². The molecule has 4 nitrogen and oxygen atoms in total. The van der Waals surface area contributed by atoms with E-state index in [2.05, 4.69) is 24.4 Å². The molecule has 0 aliphatic rings. The third-order valence-corrected chi connectivity index (χ3v) is 3.66. The van der Waals surface area contributed by atoms with Crippen LogP contribution in [0.25, 0.3) is 0 Å². The van der Waals surface area contributed by atoms with Gasteiger partial charge in [-0.1, -0.05) is 30.3 Å². The van der Waals surface area contributed by atoms with Gasteiger partial charge in [0.2, 0.25) is 0 Å². The maximum absolute atomic E-state index is 11.9. The fraction of sp³-hybridized carbons (Fsp3) is 0.316. The third-order valence-electron chi connectivity index (χ3n) is 3.66. The molecule has 23 heavy (non-hydrogen) atoms. The Labute approximate surface area is 137 Å². The molecule has 2 aromatic carbocycles. The van der Waals surface area contributed by atoms with Gasteiger partial charge in [-0.25, -0.2) is 0 Å². The standard InChI is InChI=1S/C19H23NO3/c1-14-8-9-17(18(12-14)22-3)23-13-19(21)20-11-10-16-7-5-4-6-15(16)2/h4-9,12H,10-11,13H2,1-3H3,(H,20,21). The number of methoxy groups -OCH3 is 1. The molecule has 0 aromatic heterocycles. The van der Waals surface area contributed by atoms with Crippen molar-refractivity contribution in [1.82, 2.24) is 5.32 Å². The first-order valence-electron chi connectivity index (χ1n) is 7.69. The van der Waals surface area contributed by atoms with E-state index in [9.17, 15) is 4.79 Å². The summed E-state index contributed by atoms with van der Waals surface area (Å²) in [7, 11) is 1.59. The third kappa shape index (κ3) is 5.02. The molecule has 1 amide bonds. The van der Waals surface area contributed by atoms with Crippen molar-refractivity contribution < 1.29 is 14.3 Å². The van der Waals surface area contributed by atoms with E-state index in [1.165, 1.54) is 11.1 Å². The second-order valence-corrected chi connectivity index (χ2v) is 5.47. The lowest BCUT2D eigenvalue weighted by atomic mass is 10.1. The van der Waals surface area contributed by atoms with Crippen LogP contribution in [0.2, 0.25) is 0 Å². The molecule has 0 atom stereocenters. The number of carbonyl (C=O) groups is 1. The van der Waals surface area contributed by atoms with Crippen LogP contribution in [0, 0.1) is 13.8 Å². The summed E-state index contributed by atoms with van der Waals surface area (Å²) in [6.45, 7) is 4.62. The van der Waals surface area contributed by atoms with Crippen molar-refractivity contribution in [2.75, 3.05) is 20.3 Å². The van der Waals surface area contributed by atoms with Crippen LogP contribution in [-0.4, -0.2) is 26.2 Å². The molecule has 0 aliphatic heterocycles. The highest BCUT2D eigenvalue weighted by Crippen LogP contribution is 2.27. The zero-order valence-electron chi connectivity index (χ0n) is 13.9. The first kappa shape index (κ1) is 16.9. The molecule has 0 radical (unpaired) electrons. The van der Waals surface area contributed by atoms with Crippen molar-refractivity contribution in [2.24, 2.45) is 0 Å². The lowest BCUT2D eigenvalue weighted by Gasteiger charge is -2.11. The van der Waals surface area contributed by atoms with E-state index in [4.69, 9.17) is 9.47 Å². The molecule has 0 saturated heterocycles. The summed E-state index contributed by atoms with van der Waals surface area (Å²) in [5, 5.41) is 2.87. The fourth-order valence-electron chi connectivity index (χ4n) is 2.32. The van der Waals surface area contributed by atoms with E-state index in [-0.39, 0.29) is 12.5 Å². The highest BCUT2D eigenvalue weighted by Gasteiger charge is 2.07. The molecule has 122 valence electrons. The highest BCUT2D eigenvalue weighted by molar-refractivity contribution is 5.77. The molecular weight excluding hydrogens is 290 g/mol. The molecule has 4 heteroatoms. The molecule has 0 heterocycles. The summed E-state index contributed by atoms with van der Waals surface area (Å²) in [4.78, 5) is 11.9. The molecule has 0 fully saturated rings. The minimum atomic E-state index is -0.138. The van der Waals surface area contributed by atoms with Crippen LogP contribution in [0.3, 0.4) is 0 Å². The number of hydrogen-bond donors (Lipinski definition) is 1. The smallest absolute Gasteiger partial charge is 0.257 e. The number of carbonyl (C=O) groups excluding carboxylic acids is 1. The van der Waals surface area contributed by atoms with Crippen molar-refractivity contribution in [2.45, 2.75) is 20.3 Å². The predicted molar refractivity (Wildman–Crippen MR) is 91.1 cm³/mol. The summed E-state index contributed by atoms with van der Waals surface area (Å²) in [5.74, 6) is 1.08. The van der Waals surface area contributed by atoms with Gasteiger partial charge in [0.1, 0.15) is 0 Å². The van der Waals surface area contributed by atoms with Gasteiger partial charge in [0, 0.05) is 6.54 Å². The fourth-order valence-corrected chi connectivity index (χ4v) is 2.32. The first-order chi connectivity index (χ1) is 11.1. The van der Waals surface area contributed by atoms with E-state index in [1.807, 2.05) is 37.3 Å². The molecule has 0 unspecified atom stereocenters. The zero-order chi connectivity index (χ0) is 16.7. The average molecular weight is 313 g/mol. The minimum absolute atomic E-state index is 0.0206. The maximum Gasteiger partial charge on any atom is 0.257 e. The van der Waals surface area contributed by atoms with Gasteiger partial charge in [-0.3, -0.25) is 4.79 Å². The number of nitrogens with one attached hydrogen (secondary N) is 1. The Morgan fingerprint density at radius 2 is 1.87 bits per heavy atom. The van der Waals surface area contributed by atoms with Crippen LogP contribution in [0.1, 0.15) is 16.7 Å². The van der Waals surface area contributed by atoms with Gasteiger partial charge in [0.15, 0.2) is 18.1 Å². The Hall–Kier alpha value is -2.49. The molecule has 1 N–H and O–H groups in total. The van der Waals surface area contributed by atoms with Crippen LogP contribution >= 0.6 is 0 Å². The van der Waals surface area contributed by atoms with Crippen molar-refractivity contribution in [3.63, 3.8) is 0 Å². The Morgan fingerprint density at radius 3 is 2.61 bits per heavy atom. The van der Waals surface area contributed by atoms with Crippen LogP contribution in [-0.2, 0) is 11.2 Å². The number of hydrogen-bond acceptors (Lipinski definition) is 3. The minimum Gasteiger partial charge on any atom is -0.493 e. The van der Waals surface area contributed by atoms with Gasteiger partial charge in [0.05, 0.1) is 7.11 Å². The monoisotopic (exact) mass is 313 g/mol. The van der Waals surface area contributed by atoms with E-state index in [1.54, 1.807) is 7.11 Å². The Balaban J connectivity index is 1.78. The van der Waals surface area contributed by atoms with Gasteiger partial charge in [-0.15, -0.1) is 0 Å². The summed E-state index contributed by atoms with van der Waals surface area (Å²) < 4.78 is 10.8. The molecule has 2 aromatic rings.